The number of carbonyl (C=O) groups is 2. The van der Waals surface area contributed by atoms with E-state index in [9.17, 15) is 9.59 Å². The predicted octanol–water partition coefficient (Wildman–Crippen LogP) is 4.77. The summed E-state index contributed by atoms with van der Waals surface area (Å²) in [4.78, 5) is 36.4. The van der Waals surface area contributed by atoms with Crippen LogP contribution in [0, 0.1) is 11.3 Å². The van der Waals surface area contributed by atoms with Gasteiger partial charge in [0.1, 0.15) is 17.7 Å². The zero-order valence-electron chi connectivity index (χ0n) is 24.8. The van der Waals surface area contributed by atoms with Crippen molar-refractivity contribution in [3.05, 3.63) is 48.6 Å². The standard InChI is InChI=1S/C30H46N4O6/c1-8-25(37-7)28(38-9-2)32(6)40-26(31)22-17-19-33(20-18-22)27(35)24-16-15-23(21-13-11-10-12-14-21)34(24)29(36)39-30(3,4)5/h8,10-14,22-25,28,31H,1,9,15-20H2,2-7H3. The minimum absolute atomic E-state index is 0.0716. The molecule has 2 heterocycles. The van der Waals surface area contributed by atoms with Crippen molar-refractivity contribution in [2.75, 3.05) is 33.9 Å². The lowest BCUT2D eigenvalue weighted by Gasteiger charge is -2.38. The highest BCUT2D eigenvalue weighted by molar-refractivity contribution is 5.87. The Hall–Kier alpha value is -2.95. The number of methoxy groups -OCH3 is 1. The summed E-state index contributed by atoms with van der Waals surface area (Å²) in [5.74, 6) is -0.0858. The molecular weight excluding hydrogens is 512 g/mol. The molecule has 2 saturated heterocycles. The number of likely N-dealkylation sites (tertiary alicyclic amines) is 2. The van der Waals surface area contributed by atoms with Gasteiger partial charge in [0, 0.05) is 39.8 Å². The molecule has 3 rings (SSSR count). The highest BCUT2D eigenvalue weighted by Crippen LogP contribution is 2.38. The SMILES string of the molecule is C=CC(OC)C(OCC)N(C)OC(=N)C1CCN(C(=O)C2CCC(c3ccccc3)N2C(=O)OC(C)(C)C)CC1. The summed E-state index contributed by atoms with van der Waals surface area (Å²) < 4.78 is 16.9. The van der Waals surface area contributed by atoms with E-state index in [0.29, 0.717) is 45.4 Å². The van der Waals surface area contributed by atoms with Crippen LogP contribution in [0.1, 0.15) is 65.0 Å². The molecular formula is C30H46N4O6. The number of ether oxygens (including phenoxy) is 3. The minimum Gasteiger partial charge on any atom is -0.444 e. The van der Waals surface area contributed by atoms with Gasteiger partial charge in [-0.2, -0.15) is 0 Å². The van der Waals surface area contributed by atoms with E-state index in [-0.39, 0.29) is 23.8 Å². The number of amides is 2. The van der Waals surface area contributed by atoms with Crippen molar-refractivity contribution in [3.63, 3.8) is 0 Å². The van der Waals surface area contributed by atoms with Gasteiger partial charge in [-0.25, -0.2) is 4.79 Å². The lowest BCUT2D eigenvalue weighted by Crippen LogP contribution is -2.52. The number of rotatable bonds is 10. The van der Waals surface area contributed by atoms with E-state index in [0.717, 1.165) is 5.56 Å². The Morgan fingerprint density at radius 2 is 1.80 bits per heavy atom. The maximum absolute atomic E-state index is 13.8. The van der Waals surface area contributed by atoms with Crippen LogP contribution in [0.2, 0.25) is 0 Å². The molecule has 0 aliphatic carbocycles. The number of hydrogen-bond donors (Lipinski definition) is 1. The van der Waals surface area contributed by atoms with Crippen molar-refractivity contribution in [3.8, 4) is 0 Å². The predicted molar refractivity (Wildman–Crippen MR) is 153 cm³/mol. The Morgan fingerprint density at radius 3 is 2.35 bits per heavy atom. The van der Waals surface area contributed by atoms with Gasteiger partial charge in [-0.05, 0) is 58.9 Å². The molecule has 4 unspecified atom stereocenters. The van der Waals surface area contributed by atoms with Gasteiger partial charge >= 0.3 is 6.09 Å². The molecule has 1 aromatic rings. The van der Waals surface area contributed by atoms with Crippen LogP contribution >= 0.6 is 0 Å². The summed E-state index contributed by atoms with van der Waals surface area (Å²) in [6.07, 6.45) is 2.65. The fourth-order valence-electron chi connectivity index (χ4n) is 5.39. The van der Waals surface area contributed by atoms with Gasteiger partial charge in [-0.15, -0.1) is 11.6 Å². The normalized spacial score (nSPS) is 21.7. The Balaban J connectivity index is 1.64. The van der Waals surface area contributed by atoms with E-state index < -0.39 is 30.1 Å². The number of likely N-dealkylation sites (N-methyl/N-ethyl adjacent to an activating group) is 1. The molecule has 0 spiro atoms. The number of nitrogens with zero attached hydrogens (tertiary/aromatic N) is 3. The first kappa shape index (κ1) is 31.6. The average Bonchev–Trinajstić information content (AvgIpc) is 3.38. The van der Waals surface area contributed by atoms with Crippen LogP contribution in [-0.2, 0) is 23.8 Å². The minimum atomic E-state index is -0.670. The fraction of sp³-hybridized carbons (Fsp3) is 0.633. The second-order valence-electron chi connectivity index (χ2n) is 11.3. The van der Waals surface area contributed by atoms with Crippen molar-refractivity contribution in [2.45, 2.75) is 83.4 Å². The maximum atomic E-state index is 13.8. The summed E-state index contributed by atoms with van der Waals surface area (Å²) in [5.41, 5.74) is 0.325. The van der Waals surface area contributed by atoms with E-state index in [1.54, 1.807) is 25.1 Å². The number of benzene rings is 1. The third kappa shape index (κ3) is 7.83. The average molecular weight is 559 g/mol. The third-order valence-electron chi connectivity index (χ3n) is 7.36. The molecule has 2 aliphatic rings. The zero-order chi connectivity index (χ0) is 29.4. The van der Waals surface area contributed by atoms with Crippen LogP contribution in [0.5, 0.6) is 0 Å². The van der Waals surface area contributed by atoms with Crippen LogP contribution in [-0.4, -0.2) is 90.6 Å². The van der Waals surface area contributed by atoms with E-state index in [4.69, 9.17) is 24.5 Å². The summed E-state index contributed by atoms with van der Waals surface area (Å²) >= 11 is 0. The highest BCUT2D eigenvalue weighted by Gasteiger charge is 2.45. The molecule has 1 N–H and O–H groups in total. The van der Waals surface area contributed by atoms with Gasteiger partial charge in [0.25, 0.3) is 0 Å². The highest BCUT2D eigenvalue weighted by atomic mass is 16.7. The van der Waals surface area contributed by atoms with E-state index in [1.807, 2.05) is 62.9 Å². The molecule has 0 saturated carbocycles. The smallest absolute Gasteiger partial charge is 0.411 e. The van der Waals surface area contributed by atoms with E-state index in [1.165, 1.54) is 5.06 Å². The quantitative estimate of drug-likeness (QED) is 0.145. The number of carbonyl (C=O) groups excluding carboxylic acids is 2. The summed E-state index contributed by atoms with van der Waals surface area (Å²) in [6, 6.07) is 9.00. The number of nitrogens with one attached hydrogen (secondary N) is 1. The van der Waals surface area contributed by atoms with Gasteiger partial charge in [-0.1, -0.05) is 36.4 Å². The Morgan fingerprint density at radius 1 is 1.15 bits per heavy atom. The van der Waals surface area contributed by atoms with Gasteiger partial charge in [0.05, 0.1) is 6.04 Å². The van der Waals surface area contributed by atoms with Crippen molar-refractivity contribution in [1.29, 1.82) is 5.41 Å². The molecule has 0 aromatic heterocycles. The van der Waals surface area contributed by atoms with Crippen molar-refractivity contribution < 1.29 is 28.6 Å². The molecule has 10 nitrogen and oxygen atoms in total. The summed E-state index contributed by atoms with van der Waals surface area (Å²) in [5, 5.41) is 10.1. The van der Waals surface area contributed by atoms with Gasteiger partial charge in [0.2, 0.25) is 11.8 Å². The second-order valence-corrected chi connectivity index (χ2v) is 11.3. The monoisotopic (exact) mass is 558 g/mol. The summed E-state index contributed by atoms with van der Waals surface area (Å²) in [7, 11) is 3.28. The molecule has 1 aromatic carbocycles. The molecule has 0 radical (unpaired) electrons. The Bertz CT molecular complexity index is 1010. The van der Waals surface area contributed by atoms with Crippen LogP contribution in [0.3, 0.4) is 0 Å². The van der Waals surface area contributed by atoms with Crippen molar-refractivity contribution in [1.82, 2.24) is 14.9 Å². The van der Waals surface area contributed by atoms with Crippen LogP contribution in [0.4, 0.5) is 4.79 Å². The summed E-state index contributed by atoms with van der Waals surface area (Å²) in [6.45, 7) is 12.6. The fourth-order valence-corrected chi connectivity index (χ4v) is 5.39. The van der Waals surface area contributed by atoms with Gasteiger partial charge in [0.15, 0.2) is 6.23 Å². The number of hydroxylamine groups is 2. The maximum Gasteiger partial charge on any atom is 0.411 e. The number of piperidine rings is 1. The van der Waals surface area contributed by atoms with Gasteiger partial charge < -0.3 is 23.9 Å². The van der Waals surface area contributed by atoms with Crippen LogP contribution in [0.15, 0.2) is 43.0 Å². The molecule has 2 fully saturated rings. The van der Waals surface area contributed by atoms with E-state index in [2.05, 4.69) is 6.58 Å². The third-order valence-corrected chi connectivity index (χ3v) is 7.36. The first-order valence-electron chi connectivity index (χ1n) is 14.1. The second kappa shape index (κ2) is 14.1. The number of hydrogen-bond acceptors (Lipinski definition) is 8. The van der Waals surface area contributed by atoms with Crippen LogP contribution in [0.25, 0.3) is 0 Å². The van der Waals surface area contributed by atoms with Crippen molar-refractivity contribution in [2.24, 2.45) is 5.92 Å². The molecule has 0 bridgehead atoms. The Kier molecular flexibility index (Phi) is 11.1. The molecule has 2 amide bonds. The molecule has 10 heteroatoms. The molecule has 222 valence electrons. The van der Waals surface area contributed by atoms with Crippen LogP contribution < -0.4 is 0 Å². The Labute approximate surface area is 238 Å². The lowest BCUT2D eigenvalue weighted by atomic mass is 9.96. The topological polar surface area (TPSA) is 105 Å². The van der Waals surface area contributed by atoms with Gasteiger partial charge in [-0.3, -0.25) is 15.1 Å². The molecule has 4 atom stereocenters. The first-order chi connectivity index (χ1) is 19.0. The van der Waals surface area contributed by atoms with Crippen molar-refractivity contribution >= 4 is 17.9 Å². The zero-order valence-corrected chi connectivity index (χ0v) is 24.8. The lowest BCUT2D eigenvalue weighted by molar-refractivity contribution is -0.219. The molecule has 40 heavy (non-hydrogen) atoms. The largest absolute Gasteiger partial charge is 0.444 e. The molecule has 2 aliphatic heterocycles. The first-order valence-corrected chi connectivity index (χ1v) is 14.1. The van der Waals surface area contributed by atoms with E-state index >= 15 is 0 Å².